The largest absolute Gasteiger partial charge is 0.469 e. The predicted molar refractivity (Wildman–Crippen MR) is 62.9 cm³/mol. The van der Waals surface area contributed by atoms with Gasteiger partial charge in [0.25, 0.3) is 0 Å². The molecule has 1 aromatic carbocycles. The third kappa shape index (κ3) is 2.36. The molecule has 0 fully saturated rings. The summed E-state index contributed by atoms with van der Waals surface area (Å²) in [6.45, 7) is 1.91. The van der Waals surface area contributed by atoms with E-state index in [0.29, 0.717) is 16.7 Å². The summed E-state index contributed by atoms with van der Waals surface area (Å²) in [5.41, 5.74) is 1.34. The molecule has 0 radical (unpaired) electrons. The summed E-state index contributed by atoms with van der Waals surface area (Å²) in [6.07, 6.45) is -0.0321. The van der Waals surface area contributed by atoms with E-state index in [1.54, 1.807) is 12.1 Å². The molecule has 0 bridgehead atoms. The first kappa shape index (κ1) is 11.4. The van der Waals surface area contributed by atoms with Gasteiger partial charge in [0.05, 0.1) is 12.5 Å². The lowest BCUT2D eigenvalue weighted by Gasteiger charge is -2.02. The van der Waals surface area contributed by atoms with Crippen LogP contribution in [-0.4, -0.2) is 13.1 Å². The molecule has 2 rings (SSSR count). The van der Waals surface area contributed by atoms with Crippen molar-refractivity contribution in [2.75, 3.05) is 7.11 Å². The Balaban J connectivity index is 2.54. The molecule has 1 aromatic heterocycles. The van der Waals surface area contributed by atoms with Crippen molar-refractivity contribution in [3.8, 4) is 0 Å². The van der Waals surface area contributed by atoms with Crippen molar-refractivity contribution in [3.05, 3.63) is 45.8 Å². The van der Waals surface area contributed by atoms with Crippen LogP contribution in [0.4, 0.5) is 0 Å². The summed E-state index contributed by atoms with van der Waals surface area (Å²) < 4.78 is 10.0. The van der Waals surface area contributed by atoms with Crippen LogP contribution in [-0.2, 0) is 16.0 Å². The molecule has 88 valence electrons. The molecule has 17 heavy (non-hydrogen) atoms. The van der Waals surface area contributed by atoms with Crippen LogP contribution in [0.2, 0.25) is 0 Å². The zero-order valence-corrected chi connectivity index (χ0v) is 9.65. The van der Waals surface area contributed by atoms with Crippen molar-refractivity contribution >= 4 is 16.9 Å². The summed E-state index contributed by atoms with van der Waals surface area (Å²) in [5, 5.41) is 0.518. The van der Waals surface area contributed by atoms with E-state index in [0.717, 1.165) is 5.56 Å². The predicted octanol–water partition coefficient (Wildman–Crippen LogP) is 1.82. The number of carbonyl (C=O) groups is 1. The van der Waals surface area contributed by atoms with Crippen molar-refractivity contribution in [1.29, 1.82) is 0 Å². The molecule has 0 saturated carbocycles. The molecule has 0 unspecified atom stereocenters. The third-order valence-electron chi connectivity index (χ3n) is 2.48. The number of benzene rings is 1. The van der Waals surface area contributed by atoms with E-state index in [-0.39, 0.29) is 11.8 Å². The first-order valence-electron chi connectivity index (χ1n) is 5.20. The van der Waals surface area contributed by atoms with E-state index in [4.69, 9.17) is 4.42 Å². The molecule has 0 aliphatic carbocycles. The van der Waals surface area contributed by atoms with Crippen molar-refractivity contribution in [2.24, 2.45) is 0 Å². The van der Waals surface area contributed by atoms with Crippen molar-refractivity contribution in [2.45, 2.75) is 13.3 Å². The van der Waals surface area contributed by atoms with Crippen LogP contribution in [0.25, 0.3) is 11.0 Å². The summed E-state index contributed by atoms with van der Waals surface area (Å²) in [6, 6.07) is 6.67. The fourth-order valence-corrected chi connectivity index (χ4v) is 1.61. The van der Waals surface area contributed by atoms with Crippen molar-refractivity contribution in [1.82, 2.24) is 0 Å². The van der Waals surface area contributed by atoms with Gasteiger partial charge in [-0.15, -0.1) is 0 Å². The van der Waals surface area contributed by atoms with E-state index in [1.807, 2.05) is 13.0 Å². The van der Waals surface area contributed by atoms with E-state index in [9.17, 15) is 9.59 Å². The molecule has 0 amide bonds. The Labute approximate surface area is 97.8 Å². The minimum atomic E-state index is -0.430. The number of esters is 1. The lowest BCUT2D eigenvalue weighted by molar-refractivity contribution is -0.140. The monoisotopic (exact) mass is 232 g/mol. The lowest BCUT2D eigenvalue weighted by Crippen LogP contribution is -2.08. The summed E-state index contributed by atoms with van der Waals surface area (Å²) in [4.78, 5) is 22.9. The molecule has 1 heterocycles. The summed E-state index contributed by atoms with van der Waals surface area (Å²) in [5.74, 6) is -0.111. The highest BCUT2D eigenvalue weighted by Crippen LogP contribution is 2.14. The van der Waals surface area contributed by atoms with Gasteiger partial charge in [-0.1, -0.05) is 6.07 Å². The van der Waals surface area contributed by atoms with Gasteiger partial charge < -0.3 is 9.15 Å². The van der Waals surface area contributed by atoms with Crippen LogP contribution < -0.4 is 5.43 Å². The van der Waals surface area contributed by atoms with E-state index in [1.165, 1.54) is 13.2 Å². The van der Waals surface area contributed by atoms with Gasteiger partial charge in [-0.25, -0.2) is 0 Å². The topological polar surface area (TPSA) is 56.5 Å². The van der Waals surface area contributed by atoms with Crippen molar-refractivity contribution < 1.29 is 13.9 Å². The normalized spacial score (nSPS) is 10.5. The van der Waals surface area contributed by atoms with Crippen LogP contribution in [0.1, 0.15) is 11.3 Å². The van der Waals surface area contributed by atoms with Gasteiger partial charge in [-0.05, 0) is 24.6 Å². The summed E-state index contributed by atoms with van der Waals surface area (Å²) in [7, 11) is 1.30. The molecule has 0 aliphatic rings. The van der Waals surface area contributed by atoms with Gasteiger partial charge in [0, 0.05) is 6.07 Å². The molecule has 4 nitrogen and oxygen atoms in total. The Morgan fingerprint density at radius 3 is 2.82 bits per heavy atom. The number of hydrogen-bond donors (Lipinski definition) is 0. The molecule has 0 saturated heterocycles. The Kier molecular flexibility index (Phi) is 2.95. The van der Waals surface area contributed by atoms with Gasteiger partial charge in [-0.2, -0.15) is 0 Å². The fraction of sp³-hybridized carbons (Fsp3) is 0.231. The van der Waals surface area contributed by atoms with Gasteiger partial charge in [0.15, 0.2) is 5.43 Å². The zero-order valence-electron chi connectivity index (χ0n) is 9.65. The number of methoxy groups -OCH3 is 1. The SMILES string of the molecule is COC(=O)Cc1cc(=O)c2ccc(C)cc2o1. The Bertz CT molecular complexity index is 625. The molecule has 2 aromatic rings. The second-order valence-electron chi connectivity index (χ2n) is 3.83. The van der Waals surface area contributed by atoms with E-state index < -0.39 is 5.97 Å². The van der Waals surface area contributed by atoms with Gasteiger partial charge in [0.2, 0.25) is 0 Å². The first-order chi connectivity index (χ1) is 8.10. The van der Waals surface area contributed by atoms with Crippen LogP contribution in [0.15, 0.2) is 33.5 Å². The Morgan fingerprint density at radius 2 is 2.12 bits per heavy atom. The van der Waals surface area contributed by atoms with Gasteiger partial charge >= 0.3 is 5.97 Å². The number of aryl methyl sites for hydroxylation is 1. The van der Waals surface area contributed by atoms with E-state index in [2.05, 4.69) is 4.74 Å². The highest BCUT2D eigenvalue weighted by Gasteiger charge is 2.09. The fourth-order valence-electron chi connectivity index (χ4n) is 1.61. The van der Waals surface area contributed by atoms with Crippen LogP contribution in [0.5, 0.6) is 0 Å². The van der Waals surface area contributed by atoms with Crippen molar-refractivity contribution in [3.63, 3.8) is 0 Å². The van der Waals surface area contributed by atoms with Crippen LogP contribution in [0, 0.1) is 6.92 Å². The number of fused-ring (bicyclic) bond motifs is 1. The molecular formula is C13H12O4. The molecule has 0 spiro atoms. The molecule has 4 heteroatoms. The number of carbonyl (C=O) groups excluding carboxylic acids is 1. The van der Waals surface area contributed by atoms with Crippen LogP contribution >= 0.6 is 0 Å². The third-order valence-corrected chi connectivity index (χ3v) is 2.48. The first-order valence-corrected chi connectivity index (χ1v) is 5.20. The molecule has 0 aliphatic heterocycles. The molecule has 0 N–H and O–H groups in total. The lowest BCUT2D eigenvalue weighted by atomic mass is 10.1. The highest BCUT2D eigenvalue weighted by atomic mass is 16.5. The van der Waals surface area contributed by atoms with Crippen LogP contribution in [0.3, 0.4) is 0 Å². The van der Waals surface area contributed by atoms with Gasteiger partial charge in [0.1, 0.15) is 17.8 Å². The number of rotatable bonds is 2. The minimum Gasteiger partial charge on any atom is -0.469 e. The molecule has 0 atom stereocenters. The summed E-state index contributed by atoms with van der Waals surface area (Å²) >= 11 is 0. The standard InChI is InChI=1S/C13H12O4/c1-8-3-4-10-11(14)6-9(7-13(15)16-2)17-12(10)5-8/h3-6H,7H2,1-2H3. The van der Waals surface area contributed by atoms with Gasteiger partial charge in [-0.3, -0.25) is 9.59 Å². The number of hydrogen-bond acceptors (Lipinski definition) is 4. The zero-order chi connectivity index (χ0) is 12.4. The second-order valence-corrected chi connectivity index (χ2v) is 3.83. The quantitative estimate of drug-likeness (QED) is 0.741. The highest BCUT2D eigenvalue weighted by molar-refractivity contribution is 5.78. The maximum absolute atomic E-state index is 11.8. The average Bonchev–Trinajstić information content (AvgIpc) is 2.28. The average molecular weight is 232 g/mol. The maximum atomic E-state index is 11.8. The number of ether oxygens (including phenoxy) is 1. The molecular weight excluding hydrogens is 220 g/mol. The Morgan fingerprint density at radius 1 is 1.35 bits per heavy atom. The second kappa shape index (κ2) is 4.41. The maximum Gasteiger partial charge on any atom is 0.313 e. The smallest absolute Gasteiger partial charge is 0.313 e. The minimum absolute atomic E-state index is 0.0321. The Hall–Kier alpha value is -2.10. The van der Waals surface area contributed by atoms with E-state index >= 15 is 0 Å².